The average Bonchev–Trinajstić information content (AvgIpc) is 2.79. The van der Waals surface area contributed by atoms with Crippen molar-refractivity contribution in [1.29, 1.82) is 0 Å². The van der Waals surface area contributed by atoms with Crippen molar-refractivity contribution in [2.45, 2.75) is 32.9 Å². The summed E-state index contributed by atoms with van der Waals surface area (Å²) < 4.78 is 0. The van der Waals surface area contributed by atoms with Crippen molar-refractivity contribution in [3.8, 4) is 0 Å². The number of anilines is 1. The third-order valence-electron chi connectivity index (χ3n) is 5.76. The lowest BCUT2D eigenvalue weighted by atomic mass is 10.2. The van der Waals surface area contributed by atoms with Gasteiger partial charge in [-0.25, -0.2) is 0 Å². The Morgan fingerprint density at radius 3 is 2.03 bits per heavy atom. The van der Waals surface area contributed by atoms with Crippen molar-refractivity contribution in [3.63, 3.8) is 0 Å². The van der Waals surface area contributed by atoms with E-state index in [9.17, 15) is 9.59 Å². The Labute approximate surface area is 185 Å². The SMILES string of the molecule is CCC(C)NC(=O)CN1CCN(CC(=O)N(Cc2ccccc2)c2ccccc2)CC1. The van der Waals surface area contributed by atoms with Crippen LogP contribution in [0, 0.1) is 0 Å². The van der Waals surface area contributed by atoms with Gasteiger partial charge in [-0.2, -0.15) is 0 Å². The zero-order valence-electron chi connectivity index (χ0n) is 18.7. The van der Waals surface area contributed by atoms with E-state index in [0.29, 0.717) is 19.6 Å². The van der Waals surface area contributed by atoms with E-state index in [1.807, 2.05) is 72.5 Å². The first-order chi connectivity index (χ1) is 15.0. The molecule has 3 rings (SSSR count). The number of benzene rings is 2. The van der Waals surface area contributed by atoms with E-state index in [-0.39, 0.29) is 17.9 Å². The number of para-hydroxylation sites is 1. The molecular formula is C25H34N4O2. The third kappa shape index (κ3) is 7.19. The Bertz CT molecular complexity index is 820. The maximum Gasteiger partial charge on any atom is 0.241 e. The van der Waals surface area contributed by atoms with Crippen molar-refractivity contribution in [2.24, 2.45) is 0 Å². The first-order valence-corrected chi connectivity index (χ1v) is 11.2. The summed E-state index contributed by atoms with van der Waals surface area (Å²) in [5.41, 5.74) is 2.02. The number of nitrogens with zero attached hydrogens (tertiary/aromatic N) is 3. The summed E-state index contributed by atoms with van der Waals surface area (Å²) in [4.78, 5) is 31.6. The molecule has 1 saturated heterocycles. The summed E-state index contributed by atoms with van der Waals surface area (Å²) in [7, 11) is 0. The van der Waals surface area contributed by atoms with Gasteiger partial charge >= 0.3 is 0 Å². The van der Waals surface area contributed by atoms with E-state index in [0.717, 1.165) is 43.9 Å². The van der Waals surface area contributed by atoms with Crippen LogP contribution in [0.3, 0.4) is 0 Å². The molecule has 1 N–H and O–H groups in total. The topological polar surface area (TPSA) is 55.9 Å². The highest BCUT2D eigenvalue weighted by Gasteiger charge is 2.24. The fourth-order valence-corrected chi connectivity index (χ4v) is 3.71. The molecule has 1 atom stereocenters. The molecule has 1 aliphatic heterocycles. The second-order valence-corrected chi connectivity index (χ2v) is 8.23. The van der Waals surface area contributed by atoms with Gasteiger partial charge in [-0.15, -0.1) is 0 Å². The highest BCUT2D eigenvalue weighted by Crippen LogP contribution is 2.18. The maximum absolute atomic E-state index is 13.2. The van der Waals surface area contributed by atoms with Gasteiger partial charge in [0.05, 0.1) is 19.6 Å². The largest absolute Gasteiger partial charge is 0.353 e. The number of hydrogen-bond donors (Lipinski definition) is 1. The van der Waals surface area contributed by atoms with Crippen LogP contribution in [0.2, 0.25) is 0 Å². The quantitative estimate of drug-likeness (QED) is 0.675. The summed E-state index contributed by atoms with van der Waals surface area (Å²) in [6.07, 6.45) is 0.933. The number of hydrogen-bond acceptors (Lipinski definition) is 4. The molecule has 6 heteroatoms. The molecule has 1 unspecified atom stereocenters. The molecule has 6 nitrogen and oxygen atoms in total. The van der Waals surface area contributed by atoms with Crippen molar-refractivity contribution >= 4 is 17.5 Å². The summed E-state index contributed by atoms with van der Waals surface area (Å²) in [6, 6.07) is 20.1. The molecule has 1 fully saturated rings. The lowest BCUT2D eigenvalue weighted by Crippen LogP contribution is -2.52. The standard InChI is InChI=1S/C25H34N4O2/c1-3-21(2)26-24(30)19-27-14-16-28(17-15-27)20-25(31)29(23-12-8-5-9-13-23)18-22-10-6-4-7-11-22/h4-13,21H,3,14-20H2,1-2H3,(H,26,30). The van der Waals surface area contributed by atoms with Crippen LogP contribution in [0.1, 0.15) is 25.8 Å². The molecule has 166 valence electrons. The van der Waals surface area contributed by atoms with E-state index >= 15 is 0 Å². The molecule has 2 aromatic rings. The van der Waals surface area contributed by atoms with E-state index in [1.165, 1.54) is 0 Å². The highest BCUT2D eigenvalue weighted by molar-refractivity contribution is 5.94. The minimum atomic E-state index is 0.0805. The van der Waals surface area contributed by atoms with Crippen LogP contribution >= 0.6 is 0 Å². The molecular weight excluding hydrogens is 388 g/mol. The van der Waals surface area contributed by atoms with Gasteiger partial charge in [-0.3, -0.25) is 19.4 Å². The summed E-state index contributed by atoms with van der Waals surface area (Å²) in [5, 5.41) is 3.02. The van der Waals surface area contributed by atoms with Crippen molar-refractivity contribution in [2.75, 3.05) is 44.2 Å². The molecule has 0 bridgehead atoms. The molecule has 2 aromatic carbocycles. The van der Waals surface area contributed by atoms with Crippen molar-refractivity contribution in [3.05, 3.63) is 66.2 Å². The number of carbonyl (C=O) groups excluding carboxylic acids is 2. The fraction of sp³-hybridized carbons (Fsp3) is 0.440. The highest BCUT2D eigenvalue weighted by atomic mass is 16.2. The van der Waals surface area contributed by atoms with Gasteiger partial charge < -0.3 is 10.2 Å². The van der Waals surface area contributed by atoms with Gasteiger partial charge in [0.15, 0.2) is 0 Å². The van der Waals surface area contributed by atoms with E-state index < -0.39 is 0 Å². The third-order valence-corrected chi connectivity index (χ3v) is 5.76. The van der Waals surface area contributed by atoms with Gasteiger partial charge in [0, 0.05) is 37.9 Å². The molecule has 0 radical (unpaired) electrons. The van der Waals surface area contributed by atoms with Crippen LogP contribution in [0.4, 0.5) is 5.69 Å². The molecule has 0 aromatic heterocycles. The Morgan fingerprint density at radius 1 is 0.903 bits per heavy atom. The van der Waals surface area contributed by atoms with E-state index in [2.05, 4.69) is 22.0 Å². The minimum Gasteiger partial charge on any atom is -0.353 e. The minimum absolute atomic E-state index is 0.0805. The Morgan fingerprint density at radius 2 is 1.45 bits per heavy atom. The maximum atomic E-state index is 13.2. The van der Waals surface area contributed by atoms with Crippen molar-refractivity contribution in [1.82, 2.24) is 15.1 Å². The normalized spacial score (nSPS) is 15.9. The smallest absolute Gasteiger partial charge is 0.241 e. The Balaban J connectivity index is 1.54. The molecule has 1 heterocycles. The van der Waals surface area contributed by atoms with Gasteiger partial charge in [-0.1, -0.05) is 55.5 Å². The molecule has 0 spiro atoms. The number of piperazine rings is 1. The second-order valence-electron chi connectivity index (χ2n) is 8.23. The first-order valence-electron chi connectivity index (χ1n) is 11.2. The zero-order chi connectivity index (χ0) is 22.1. The predicted molar refractivity (Wildman–Crippen MR) is 125 cm³/mol. The fourth-order valence-electron chi connectivity index (χ4n) is 3.71. The summed E-state index contributed by atoms with van der Waals surface area (Å²) >= 11 is 0. The average molecular weight is 423 g/mol. The van der Waals surface area contributed by atoms with Crippen LogP contribution in [-0.2, 0) is 16.1 Å². The zero-order valence-corrected chi connectivity index (χ0v) is 18.7. The van der Waals surface area contributed by atoms with Crippen molar-refractivity contribution < 1.29 is 9.59 Å². The number of carbonyl (C=O) groups is 2. The first kappa shape index (κ1) is 23.0. The second kappa shape index (κ2) is 11.6. The van der Waals surface area contributed by atoms with Crippen LogP contribution in [0.5, 0.6) is 0 Å². The van der Waals surface area contributed by atoms with E-state index in [1.54, 1.807) is 0 Å². The number of nitrogens with one attached hydrogen (secondary N) is 1. The van der Waals surface area contributed by atoms with Gasteiger partial charge in [0.25, 0.3) is 0 Å². The van der Waals surface area contributed by atoms with E-state index in [4.69, 9.17) is 0 Å². The molecule has 2 amide bonds. The number of rotatable bonds is 9. The van der Waals surface area contributed by atoms with Crippen LogP contribution in [0.15, 0.2) is 60.7 Å². The lowest BCUT2D eigenvalue weighted by Gasteiger charge is -2.35. The van der Waals surface area contributed by atoms with Gasteiger partial charge in [0.2, 0.25) is 11.8 Å². The molecule has 0 aliphatic carbocycles. The lowest BCUT2D eigenvalue weighted by molar-refractivity contribution is -0.124. The van der Waals surface area contributed by atoms with Crippen LogP contribution < -0.4 is 10.2 Å². The van der Waals surface area contributed by atoms with Crippen LogP contribution in [-0.4, -0.2) is 66.9 Å². The molecule has 31 heavy (non-hydrogen) atoms. The van der Waals surface area contributed by atoms with Crippen LogP contribution in [0.25, 0.3) is 0 Å². The number of amides is 2. The summed E-state index contributed by atoms with van der Waals surface area (Å²) in [6.45, 7) is 8.63. The Kier molecular flexibility index (Phi) is 8.62. The van der Waals surface area contributed by atoms with Gasteiger partial charge in [-0.05, 0) is 31.0 Å². The Hall–Kier alpha value is -2.70. The summed E-state index contributed by atoms with van der Waals surface area (Å²) in [5.74, 6) is 0.176. The van der Waals surface area contributed by atoms with Gasteiger partial charge in [0.1, 0.15) is 0 Å². The monoisotopic (exact) mass is 422 g/mol. The molecule has 1 aliphatic rings. The predicted octanol–water partition coefficient (Wildman–Crippen LogP) is 2.75. The molecule has 0 saturated carbocycles.